The highest BCUT2D eigenvalue weighted by molar-refractivity contribution is 6.10. The highest BCUT2D eigenvalue weighted by atomic mass is 19.4. The molecule has 0 unspecified atom stereocenters. The Labute approximate surface area is 183 Å². The minimum Gasteiger partial charge on any atom is -0.404 e. The molecular formula is C22H23F3N6O. The number of rotatable bonds is 5. The van der Waals surface area contributed by atoms with E-state index in [-0.39, 0.29) is 17.5 Å². The van der Waals surface area contributed by atoms with Crippen LogP contribution in [0.25, 0.3) is 5.57 Å². The summed E-state index contributed by atoms with van der Waals surface area (Å²) in [5.41, 5.74) is 13.1. The number of benzene rings is 1. The number of anilines is 1. The summed E-state index contributed by atoms with van der Waals surface area (Å²) >= 11 is 0. The number of alkyl halides is 3. The van der Waals surface area contributed by atoms with Gasteiger partial charge in [0.1, 0.15) is 5.69 Å². The first-order valence-corrected chi connectivity index (χ1v) is 9.91. The average Bonchev–Trinajstić information content (AvgIpc) is 2.79. The maximum atomic E-state index is 12.7. The molecule has 2 aromatic rings. The lowest BCUT2D eigenvalue weighted by Crippen LogP contribution is -2.39. The van der Waals surface area contributed by atoms with E-state index in [1.165, 1.54) is 18.3 Å². The van der Waals surface area contributed by atoms with Gasteiger partial charge in [-0.1, -0.05) is 0 Å². The van der Waals surface area contributed by atoms with Crippen molar-refractivity contribution in [1.82, 2.24) is 9.88 Å². The van der Waals surface area contributed by atoms with E-state index in [1.54, 1.807) is 23.4 Å². The lowest BCUT2D eigenvalue weighted by molar-refractivity contribution is -0.137. The van der Waals surface area contributed by atoms with Crippen molar-refractivity contribution >= 4 is 29.6 Å². The first-order chi connectivity index (χ1) is 15.2. The molecule has 1 amide bonds. The third kappa shape index (κ3) is 5.32. The highest BCUT2D eigenvalue weighted by Gasteiger charge is 2.30. The van der Waals surface area contributed by atoms with E-state index in [2.05, 4.69) is 9.98 Å². The summed E-state index contributed by atoms with van der Waals surface area (Å²) in [7, 11) is 0. The molecule has 3 rings (SSSR count). The summed E-state index contributed by atoms with van der Waals surface area (Å²) in [6, 6.07) is 5.90. The Bertz CT molecular complexity index is 1040. The molecule has 1 saturated heterocycles. The third-order valence-electron chi connectivity index (χ3n) is 5.23. The van der Waals surface area contributed by atoms with Gasteiger partial charge >= 0.3 is 6.18 Å². The van der Waals surface area contributed by atoms with Gasteiger partial charge in [0.15, 0.2) is 0 Å². The lowest BCUT2D eigenvalue weighted by Gasteiger charge is -2.30. The number of aromatic nitrogens is 1. The fraction of sp³-hybridized carbons (Fsp3) is 0.273. The molecule has 1 aliphatic rings. The van der Waals surface area contributed by atoms with Gasteiger partial charge in [-0.05, 0) is 43.2 Å². The van der Waals surface area contributed by atoms with Crippen molar-refractivity contribution in [3.63, 3.8) is 0 Å². The van der Waals surface area contributed by atoms with Gasteiger partial charge in [0, 0.05) is 54.6 Å². The van der Waals surface area contributed by atoms with Crippen LogP contribution in [0.5, 0.6) is 0 Å². The topological polar surface area (TPSA) is 121 Å². The van der Waals surface area contributed by atoms with Crippen molar-refractivity contribution in [1.29, 1.82) is 5.41 Å². The Hall–Kier alpha value is -3.69. The maximum Gasteiger partial charge on any atom is 0.416 e. The number of allylic oxidation sites excluding steroid dienone is 1. The number of nitrogens with two attached hydrogens (primary N) is 2. The van der Waals surface area contributed by atoms with E-state index in [4.69, 9.17) is 16.9 Å². The molecule has 1 aliphatic heterocycles. The average molecular weight is 444 g/mol. The number of hydrogen-bond acceptors (Lipinski definition) is 6. The molecule has 0 aliphatic carbocycles. The Kier molecular flexibility index (Phi) is 6.92. The fourth-order valence-corrected chi connectivity index (χ4v) is 3.37. The molecule has 5 N–H and O–H groups in total. The summed E-state index contributed by atoms with van der Waals surface area (Å²) in [5, 5.41) is 7.25. The summed E-state index contributed by atoms with van der Waals surface area (Å²) in [4.78, 5) is 22.9. The van der Waals surface area contributed by atoms with Crippen LogP contribution in [0.15, 0.2) is 47.7 Å². The zero-order chi connectivity index (χ0) is 23.3. The zero-order valence-electron chi connectivity index (χ0n) is 17.1. The minimum atomic E-state index is -4.43. The van der Waals surface area contributed by atoms with Crippen LogP contribution in [0.4, 0.5) is 18.9 Å². The molecule has 0 spiro atoms. The molecule has 7 nitrogen and oxygen atoms in total. The smallest absolute Gasteiger partial charge is 0.404 e. The fourth-order valence-electron chi connectivity index (χ4n) is 3.37. The van der Waals surface area contributed by atoms with E-state index in [0.29, 0.717) is 48.4 Å². The van der Waals surface area contributed by atoms with Gasteiger partial charge in [-0.3, -0.25) is 14.8 Å². The molecular weight excluding hydrogens is 421 g/mol. The first kappa shape index (κ1) is 23.0. The van der Waals surface area contributed by atoms with Crippen molar-refractivity contribution in [2.45, 2.75) is 25.1 Å². The standard InChI is InChI=1S/C22H23F3N6O/c23-22(24,25)17-3-1-14(2-4-17)21(32)31-7-5-18(6-8-31)29-13-16(10-26)15-9-19(28)20(11-27)30-12-15/h1-4,9-13,18,27H,5-8,26,28H2. The molecule has 0 radical (unpaired) electrons. The molecule has 1 aromatic heterocycles. The molecule has 0 saturated carbocycles. The van der Waals surface area contributed by atoms with Crippen LogP contribution in [0, 0.1) is 5.41 Å². The molecule has 1 aromatic carbocycles. The first-order valence-electron chi connectivity index (χ1n) is 9.91. The van der Waals surface area contributed by atoms with Crippen LogP contribution in [0.3, 0.4) is 0 Å². The van der Waals surface area contributed by atoms with Crippen molar-refractivity contribution in [3.8, 4) is 0 Å². The number of pyridine rings is 1. The van der Waals surface area contributed by atoms with Gasteiger partial charge in [-0.15, -0.1) is 0 Å². The van der Waals surface area contributed by atoms with E-state index in [0.717, 1.165) is 18.3 Å². The number of nitrogen functional groups attached to an aromatic ring is 1. The van der Waals surface area contributed by atoms with Crippen LogP contribution in [-0.4, -0.2) is 47.4 Å². The quantitative estimate of drug-likeness (QED) is 0.612. The largest absolute Gasteiger partial charge is 0.416 e. The van der Waals surface area contributed by atoms with E-state index in [1.807, 2.05) is 0 Å². The zero-order valence-corrected chi connectivity index (χ0v) is 17.1. The Morgan fingerprint density at radius 3 is 2.38 bits per heavy atom. The number of hydrogen-bond donors (Lipinski definition) is 3. The number of amides is 1. The van der Waals surface area contributed by atoms with Crippen molar-refractivity contribution in [2.75, 3.05) is 18.8 Å². The summed E-state index contributed by atoms with van der Waals surface area (Å²) < 4.78 is 38.1. The molecule has 0 bridgehead atoms. The predicted molar refractivity (Wildman–Crippen MR) is 118 cm³/mol. The SMILES string of the molecule is N=Cc1ncc(C(C=NC2CCN(C(=O)c3ccc(C(F)(F)F)cc3)CC2)=CN)cc1N. The molecule has 10 heteroatoms. The summed E-state index contributed by atoms with van der Waals surface area (Å²) in [5.74, 6) is -0.295. The Morgan fingerprint density at radius 1 is 1.19 bits per heavy atom. The van der Waals surface area contributed by atoms with Crippen LogP contribution in [0.2, 0.25) is 0 Å². The number of aliphatic imine (C=N–C) groups is 1. The normalized spacial score (nSPS) is 15.8. The number of piperidine rings is 1. The van der Waals surface area contributed by atoms with Gasteiger partial charge in [0.2, 0.25) is 0 Å². The van der Waals surface area contributed by atoms with Crippen LogP contribution >= 0.6 is 0 Å². The van der Waals surface area contributed by atoms with Gasteiger partial charge < -0.3 is 21.8 Å². The van der Waals surface area contributed by atoms with Gasteiger partial charge in [0.25, 0.3) is 5.91 Å². The highest BCUT2D eigenvalue weighted by Crippen LogP contribution is 2.29. The van der Waals surface area contributed by atoms with Crippen LogP contribution in [-0.2, 0) is 6.18 Å². The van der Waals surface area contributed by atoms with Gasteiger partial charge in [-0.25, -0.2) is 0 Å². The summed E-state index contributed by atoms with van der Waals surface area (Å²) in [6.45, 7) is 0.901. The van der Waals surface area contributed by atoms with Crippen molar-refractivity contribution < 1.29 is 18.0 Å². The van der Waals surface area contributed by atoms with Crippen molar-refractivity contribution in [3.05, 3.63) is 65.1 Å². The number of nitrogens with zero attached hydrogens (tertiary/aromatic N) is 3. The number of carbonyl (C=O) groups is 1. The molecule has 168 valence electrons. The third-order valence-corrected chi connectivity index (χ3v) is 5.23. The number of halogens is 3. The molecule has 32 heavy (non-hydrogen) atoms. The molecule has 0 atom stereocenters. The van der Waals surface area contributed by atoms with Crippen LogP contribution < -0.4 is 11.5 Å². The van der Waals surface area contributed by atoms with E-state index >= 15 is 0 Å². The Balaban J connectivity index is 1.59. The second-order valence-corrected chi connectivity index (χ2v) is 7.34. The van der Waals surface area contributed by atoms with E-state index < -0.39 is 11.7 Å². The number of likely N-dealkylation sites (tertiary alicyclic amines) is 1. The number of nitrogens with one attached hydrogen (secondary N) is 1. The minimum absolute atomic E-state index is 0.0206. The van der Waals surface area contributed by atoms with E-state index in [9.17, 15) is 18.0 Å². The maximum absolute atomic E-state index is 12.7. The second-order valence-electron chi connectivity index (χ2n) is 7.34. The molecule has 1 fully saturated rings. The number of carbonyl (C=O) groups excluding carboxylic acids is 1. The van der Waals surface area contributed by atoms with Gasteiger partial charge in [-0.2, -0.15) is 13.2 Å². The summed E-state index contributed by atoms with van der Waals surface area (Å²) in [6.07, 6.45) is 2.47. The van der Waals surface area contributed by atoms with Crippen LogP contribution in [0.1, 0.15) is 40.0 Å². The monoisotopic (exact) mass is 444 g/mol. The second kappa shape index (κ2) is 9.63. The lowest BCUT2D eigenvalue weighted by atomic mass is 10.0. The predicted octanol–water partition coefficient (Wildman–Crippen LogP) is 3.36. The van der Waals surface area contributed by atoms with Crippen molar-refractivity contribution in [2.24, 2.45) is 10.7 Å². The van der Waals surface area contributed by atoms with Gasteiger partial charge in [0.05, 0.1) is 17.3 Å². The Morgan fingerprint density at radius 2 is 1.84 bits per heavy atom. The molecule has 2 heterocycles.